The number of halogens is 2. The van der Waals surface area contributed by atoms with Crippen LogP contribution in [0.25, 0.3) is 0 Å². The Balaban J connectivity index is 2.13. The molecule has 0 heterocycles. The molecule has 2 aromatic carbocycles. The van der Waals surface area contributed by atoms with E-state index in [1.807, 2.05) is 13.0 Å². The molecule has 1 atom stereocenters. The summed E-state index contributed by atoms with van der Waals surface area (Å²) in [5.74, 6) is 0.209. The molecule has 0 unspecified atom stereocenters. The van der Waals surface area contributed by atoms with Gasteiger partial charge in [0, 0.05) is 5.56 Å². The van der Waals surface area contributed by atoms with Crippen molar-refractivity contribution in [2.45, 2.75) is 26.6 Å². The van der Waals surface area contributed by atoms with E-state index in [-0.39, 0.29) is 11.6 Å². The number of hydrogen-bond acceptors (Lipinski definition) is 2. The number of hydrogen-bond donors (Lipinski definition) is 1. The van der Waals surface area contributed by atoms with E-state index in [1.54, 1.807) is 31.2 Å². The van der Waals surface area contributed by atoms with Gasteiger partial charge in [0.05, 0.1) is 11.1 Å². The minimum atomic E-state index is -0.520. The highest BCUT2D eigenvalue weighted by Crippen LogP contribution is 2.25. The Hall–Kier alpha value is -1.58. The minimum absolute atomic E-state index is 0.0901. The summed E-state index contributed by atoms with van der Waals surface area (Å²) in [6, 6.07) is 10.3. The van der Waals surface area contributed by atoms with E-state index < -0.39 is 11.9 Å². The fraction of sp³-hybridized carbons (Fsp3) is 0.250. The van der Waals surface area contributed by atoms with Crippen LogP contribution in [0.4, 0.5) is 4.39 Å². The number of aryl methyl sites for hydroxylation is 1. The standard InChI is InChI=1S/C16H16ClFO2/c1-10-8-12(11(2)19)6-7-15(10)20-9-13-4-3-5-14(17)16(13)18/h3-8,11,19H,9H2,1-2H3/t11-/m1/s1. The van der Waals surface area contributed by atoms with Crippen LogP contribution in [0.1, 0.15) is 29.7 Å². The van der Waals surface area contributed by atoms with Crippen LogP contribution >= 0.6 is 11.6 Å². The van der Waals surface area contributed by atoms with E-state index in [0.29, 0.717) is 11.3 Å². The lowest BCUT2D eigenvalue weighted by Crippen LogP contribution is -2.01. The van der Waals surface area contributed by atoms with Crippen LogP contribution in [0.3, 0.4) is 0 Å². The number of benzene rings is 2. The predicted molar refractivity (Wildman–Crippen MR) is 77.6 cm³/mol. The van der Waals surface area contributed by atoms with Gasteiger partial charge in [-0.2, -0.15) is 0 Å². The average molecular weight is 295 g/mol. The molecule has 2 rings (SSSR count). The Kier molecular flexibility index (Phi) is 4.63. The van der Waals surface area contributed by atoms with Crippen molar-refractivity contribution in [1.29, 1.82) is 0 Å². The number of ether oxygens (including phenoxy) is 1. The molecule has 0 spiro atoms. The second-order valence-corrected chi connectivity index (χ2v) is 5.11. The third-order valence-electron chi connectivity index (χ3n) is 3.10. The monoisotopic (exact) mass is 294 g/mol. The third kappa shape index (κ3) is 3.30. The van der Waals surface area contributed by atoms with Crippen molar-refractivity contribution in [3.05, 3.63) is 63.9 Å². The van der Waals surface area contributed by atoms with Crippen LogP contribution in [0.15, 0.2) is 36.4 Å². The van der Waals surface area contributed by atoms with E-state index in [4.69, 9.17) is 16.3 Å². The summed E-state index contributed by atoms with van der Waals surface area (Å²) in [5.41, 5.74) is 2.13. The lowest BCUT2D eigenvalue weighted by Gasteiger charge is -2.12. The second kappa shape index (κ2) is 6.25. The molecular weight excluding hydrogens is 279 g/mol. The smallest absolute Gasteiger partial charge is 0.148 e. The molecule has 0 aromatic heterocycles. The molecular formula is C16H16ClFO2. The molecule has 0 radical (unpaired) electrons. The molecule has 0 aliphatic rings. The van der Waals surface area contributed by atoms with Gasteiger partial charge in [0.25, 0.3) is 0 Å². The molecule has 0 aliphatic heterocycles. The zero-order chi connectivity index (χ0) is 14.7. The molecule has 0 saturated carbocycles. The van der Waals surface area contributed by atoms with Crippen LogP contribution in [0, 0.1) is 12.7 Å². The van der Waals surface area contributed by atoms with Crippen molar-refractivity contribution in [3.8, 4) is 5.75 Å². The Morgan fingerprint density at radius 2 is 2.05 bits per heavy atom. The Morgan fingerprint density at radius 1 is 1.30 bits per heavy atom. The summed E-state index contributed by atoms with van der Waals surface area (Å²) in [6.45, 7) is 3.70. The Labute approximate surface area is 122 Å². The highest BCUT2D eigenvalue weighted by molar-refractivity contribution is 6.30. The van der Waals surface area contributed by atoms with E-state index in [1.165, 1.54) is 6.07 Å². The van der Waals surface area contributed by atoms with E-state index in [0.717, 1.165) is 11.1 Å². The quantitative estimate of drug-likeness (QED) is 0.904. The van der Waals surface area contributed by atoms with Gasteiger partial charge >= 0.3 is 0 Å². The summed E-state index contributed by atoms with van der Waals surface area (Å²) >= 11 is 5.72. The Bertz CT molecular complexity index is 611. The van der Waals surface area contributed by atoms with Gasteiger partial charge in [-0.1, -0.05) is 29.8 Å². The van der Waals surface area contributed by atoms with E-state index >= 15 is 0 Å². The summed E-state index contributed by atoms with van der Waals surface area (Å²) in [7, 11) is 0. The number of aliphatic hydroxyl groups is 1. The lowest BCUT2D eigenvalue weighted by atomic mass is 10.1. The van der Waals surface area contributed by atoms with Crippen molar-refractivity contribution in [2.24, 2.45) is 0 Å². The van der Waals surface area contributed by atoms with Crippen LogP contribution in [-0.4, -0.2) is 5.11 Å². The highest BCUT2D eigenvalue weighted by Gasteiger charge is 2.09. The van der Waals surface area contributed by atoms with Crippen LogP contribution in [0.2, 0.25) is 5.02 Å². The Morgan fingerprint density at radius 3 is 2.70 bits per heavy atom. The van der Waals surface area contributed by atoms with Gasteiger partial charge in [0.15, 0.2) is 0 Å². The van der Waals surface area contributed by atoms with Crippen molar-refractivity contribution in [1.82, 2.24) is 0 Å². The molecule has 1 N–H and O–H groups in total. The summed E-state index contributed by atoms with van der Waals surface area (Å²) in [6.07, 6.45) is -0.520. The third-order valence-corrected chi connectivity index (χ3v) is 3.39. The summed E-state index contributed by atoms with van der Waals surface area (Å²) < 4.78 is 19.3. The molecule has 106 valence electrons. The highest BCUT2D eigenvalue weighted by atomic mass is 35.5. The molecule has 2 aromatic rings. The minimum Gasteiger partial charge on any atom is -0.489 e. The van der Waals surface area contributed by atoms with E-state index in [2.05, 4.69) is 0 Å². The maximum absolute atomic E-state index is 13.7. The van der Waals surface area contributed by atoms with Crippen LogP contribution in [-0.2, 0) is 6.61 Å². The average Bonchev–Trinajstić information content (AvgIpc) is 2.41. The molecule has 2 nitrogen and oxygen atoms in total. The first-order valence-corrected chi connectivity index (χ1v) is 6.71. The first-order valence-electron chi connectivity index (χ1n) is 6.33. The van der Waals surface area contributed by atoms with Gasteiger partial charge in [-0.15, -0.1) is 0 Å². The zero-order valence-corrected chi connectivity index (χ0v) is 12.1. The zero-order valence-electron chi connectivity index (χ0n) is 11.4. The van der Waals surface area contributed by atoms with Crippen LogP contribution in [0.5, 0.6) is 5.75 Å². The molecule has 0 bridgehead atoms. The predicted octanol–water partition coefficient (Wildman–Crippen LogP) is 4.42. The van der Waals surface area contributed by atoms with Crippen molar-refractivity contribution in [3.63, 3.8) is 0 Å². The largest absolute Gasteiger partial charge is 0.489 e. The SMILES string of the molecule is Cc1cc([C@@H](C)O)ccc1OCc1cccc(Cl)c1F. The van der Waals surface area contributed by atoms with Gasteiger partial charge in [0.1, 0.15) is 18.2 Å². The first-order chi connectivity index (χ1) is 9.49. The molecule has 0 aliphatic carbocycles. The summed E-state index contributed by atoms with van der Waals surface area (Å²) in [4.78, 5) is 0. The van der Waals surface area contributed by atoms with Gasteiger partial charge < -0.3 is 9.84 Å². The van der Waals surface area contributed by atoms with E-state index in [9.17, 15) is 9.50 Å². The first kappa shape index (κ1) is 14.8. The number of aliphatic hydroxyl groups excluding tert-OH is 1. The normalized spacial score (nSPS) is 12.2. The van der Waals surface area contributed by atoms with Gasteiger partial charge in [-0.25, -0.2) is 4.39 Å². The molecule has 0 saturated heterocycles. The molecule has 20 heavy (non-hydrogen) atoms. The summed E-state index contributed by atoms with van der Waals surface area (Å²) in [5, 5.41) is 9.60. The molecule has 4 heteroatoms. The van der Waals surface area contributed by atoms with Gasteiger partial charge in [-0.05, 0) is 43.2 Å². The van der Waals surface area contributed by atoms with Gasteiger partial charge in [0.2, 0.25) is 0 Å². The maximum Gasteiger partial charge on any atom is 0.148 e. The van der Waals surface area contributed by atoms with Crippen LogP contribution < -0.4 is 4.74 Å². The molecule has 0 fully saturated rings. The van der Waals surface area contributed by atoms with Crippen molar-refractivity contribution >= 4 is 11.6 Å². The van der Waals surface area contributed by atoms with Crippen molar-refractivity contribution in [2.75, 3.05) is 0 Å². The fourth-order valence-corrected chi connectivity index (χ4v) is 2.10. The molecule has 0 amide bonds. The number of rotatable bonds is 4. The maximum atomic E-state index is 13.7. The van der Waals surface area contributed by atoms with Crippen molar-refractivity contribution < 1.29 is 14.2 Å². The fourth-order valence-electron chi connectivity index (χ4n) is 1.91. The van der Waals surface area contributed by atoms with Gasteiger partial charge in [-0.3, -0.25) is 0 Å². The lowest BCUT2D eigenvalue weighted by molar-refractivity contribution is 0.199. The second-order valence-electron chi connectivity index (χ2n) is 4.70. The topological polar surface area (TPSA) is 29.5 Å².